The summed E-state index contributed by atoms with van der Waals surface area (Å²) in [6.07, 6.45) is 4.25. The molecule has 2 rings (SSSR count). The van der Waals surface area contributed by atoms with E-state index in [-0.39, 0.29) is 0 Å². The van der Waals surface area contributed by atoms with Gasteiger partial charge < -0.3 is 0 Å². The van der Waals surface area contributed by atoms with Gasteiger partial charge in [0.2, 0.25) is 0 Å². The minimum atomic E-state index is 0.756. The highest BCUT2D eigenvalue weighted by atomic mass is 35.5. The van der Waals surface area contributed by atoms with Gasteiger partial charge in [0.1, 0.15) is 5.15 Å². The maximum Gasteiger partial charge on any atom is 0.127 e. The van der Waals surface area contributed by atoms with Crippen LogP contribution in [0.5, 0.6) is 0 Å². The van der Waals surface area contributed by atoms with E-state index in [1.807, 2.05) is 16.8 Å². The number of aromatic nitrogens is 2. The number of benzene rings is 1. The Bertz CT molecular complexity index is 476. The molecule has 0 aliphatic heterocycles. The van der Waals surface area contributed by atoms with Crippen molar-refractivity contribution in [3.8, 4) is 0 Å². The smallest absolute Gasteiger partial charge is 0.127 e. The monoisotopic (exact) mass is 262 g/mol. The molecule has 0 spiro atoms. The van der Waals surface area contributed by atoms with E-state index in [1.165, 1.54) is 5.56 Å². The van der Waals surface area contributed by atoms with Crippen molar-refractivity contribution in [1.82, 2.24) is 9.78 Å². The van der Waals surface area contributed by atoms with E-state index in [9.17, 15) is 0 Å². The fourth-order valence-electron chi connectivity index (χ4n) is 2.06. The van der Waals surface area contributed by atoms with Gasteiger partial charge in [-0.2, -0.15) is 5.10 Å². The molecule has 0 unspecified atom stereocenters. The van der Waals surface area contributed by atoms with Crippen molar-refractivity contribution in [3.63, 3.8) is 0 Å². The number of hydrogen-bond donors (Lipinski definition) is 0. The number of aryl methyl sites for hydroxylation is 3. The Morgan fingerprint density at radius 3 is 2.67 bits per heavy atom. The van der Waals surface area contributed by atoms with E-state index in [1.54, 1.807) is 0 Å². The molecular weight excluding hydrogens is 244 g/mol. The van der Waals surface area contributed by atoms with Crippen LogP contribution in [0.2, 0.25) is 5.15 Å². The van der Waals surface area contributed by atoms with Crippen molar-refractivity contribution in [1.29, 1.82) is 0 Å². The molecule has 0 aliphatic carbocycles. The largest absolute Gasteiger partial charge is 0.254 e. The lowest BCUT2D eigenvalue weighted by molar-refractivity contribution is 0.571. The van der Waals surface area contributed by atoms with Gasteiger partial charge in [0.25, 0.3) is 0 Å². The molecule has 0 N–H and O–H groups in total. The van der Waals surface area contributed by atoms with E-state index in [0.717, 1.165) is 43.1 Å². The van der Waals surface area contributed by atoms with Crippen LogP contribution in [-0.2, 0) is 19.4 Å². The summed E-state index contributed by atoms with van der Waals surface area (Å²) in [4.78, 5) is 0. The van der Waals surface area contributed by atoms with Crippen LogP contribution in [0.15, 0.2) is 36.4 Å². The summed E-state index contributed by atoms with van der Waals surface area (Å²) in [6.45, 7) is 3.04. The zero-order valence-electron chi connectivity index (χ0n) is 10.8. The second-order valence-corrected chi connectivity index (χ2v) is 4.91. The van der Waals surface area contributed by atoms with Gasteiger partial charge in [0.05, 0.1) is 5.69 Å². The first-order valence-corrected chi connectivity index (χ1v) is 6.93. The van der Waals surface area contributed by atoms with Crippen LogP contribution in [0.25, 0.3) is 0 Å². The molecule has 0 saturated heterocycles. The third kappa shape index (κ3) is 3.61. The molecule has 1 aromatic heterocycles. The second-order valence-electron chi connectivity index (χ2n) is 4.52. The van der Waals surface area contributed by atoms with Gasteiger partial charge in [0.15, 0.2) is 0 Å². The van der Waals surface area contributed by atoms with Crippen molar-refractivity contribution < 1.29 is 0 Å². The van der Waals surface area contributed by atoms with Crippen molar-refractivity contribution >= 4 is 11.6 Å². The fraction of sp³-hybridized carbons (Fsp3) is 0.400. The minimum absolute atomic E-state index is 0.756. The number of nitrogens with zero attached hydrogens (tertiary/aromatic N) is 2. The van der Waals surface area contributed by atoms with Gasteiger partial charge in [-0.05, 0) is 30.9 Å². The van der Waals surface area contributed by atoms with Gasteiger partial charge >= 0.3 is 0 Å². The van der Waals surface area contributed by atoms with Gasteiger partial charge in [-0.15, -0.1) is 0 Å². The first kappa shape index (κ1) is 13.2. The summed E-state index contributed by atoms with van der Waals surface area (Å²) in [5.41, 5.74) is 2.47. The molecule has 3 heteroatoms. The summed E-state index contributed by atoms with van der Waals surface area (Å²) < 4.78 is 1.91. The quantitative estimate of drug-likeness (QED) is 0.766. The van der Waals surface area contributed by atoms with Crippen LogP contribution < -0.4 is 0 Å². The normalized spacial score (nSPS) is 10.8. The number of hydrogen-bond acceptors (Lipinski definition) is 1. The Hall–Kier alpha value is -1.28. The van der Waals surface area contributed by atoms with Crippen LogP contribution in [0.3, 0.4) is 0 Å². The van der Waals surface area contributed by atoms with E-state index < -0.39 is 0 Å². The van der Waals surface area contributed by atoms with Crippen LogP contribution in [0.4, 0.5) is 0 Å². The predicted octanol–water partition coefficient (Wildman–Crippen LogP) is 4.12. The topological polar surface area (TPSA) is 17.8 Å². The third-order valence-electron chi connectivity index (χ3n) is 2.97. The maximum atomic E-state index is 6.16. The lowest BCUT2D eigenvalue weighted by atomic mass is 10.1. The Morgan fingerprint density at radius 2 is 1.94 bits per heavy atom. The molecule has 18 heavy (non-hydrogen) atoms. The van der Waals surface area contributed by atoms with E-state index in [4.69, 9.17) is 11.6 Å². The third-order valence-corrected chi connectivity index (χ3v) is 3.27. The first-order valence-electron chi connectivity index (χ1n) is 6.55. The van der Waals surface area contributed by atoms with Gasteiger partial charge in [-0.1, -0.05) is 55.3 Å². The molecule has 0 amide bonds. The van der Waals surface area contributed by atoms with Gasteiger partial charge in [-0.3, -0.25) is 4.68 Å². The van der Waals surface area contributed by atoms with Gasteiger partial charge in [-0.25, -0.2) is 0 Å². The Kier molecular flexibility index (Phi) is 4.82. The fourth-order valence-corrected chi connectivity index (χ4v) is 2.30. The highest BCUT2D eigenvalue weighted by Crippen LogP contribution is 2.13. The molecule has 0 aliphatic rings. The molecule has 1 heterocycles. The number of halogens is 1. The molecule has 0 bridgehead atoms. The lowest BCUT2D eigenvalue weighted by Crippen LogP contribution is -2.02. The van der Waals surface area contributed by atoms with E-state index in [0.29, 0.717) is 0 Å². The SMILES string of the molecule is CCCc1cc(Cl)n(CCCc2ccccc2)n1. The molecule has 96 valence electrons. The molecule has 1 aromatic carbocycles. The van der Waals surface area contributed by atoms with Crippen LogP contribution in [0, 0.1) is 0 Å². The molecule has 0 atom stereocenters. The summed E-state index contributed by atoms with van der Waals surface area (Å²) in [5, 5.41) is 5.27. The summed E-state index contributed by atoms with van der Waals surface area (Å²) >= 11 is 6.16. The highest BCUT2D eigenvalue weighted by molar-refractivity contribution is 6.29. The van der Waals surface area contributed by atoms with Crippen molar-refractivity contribution in [2.75, 3.05) is 0 Å². The average molecular weight is 263 g/mol. The van der Waals surface area contributed by atoms with Crippen molar-refractivity contribution in [2.24, 2.45) is 0 Å². The van der Waals surface area contributed by atoms with Crippen molar-refractivity contribution in [2.45, 2.75) is 39.2 Å². The summed E-state index contributed by atoms with van der Waals surface area (Å²) in [5.74, 6) is 0. The molecule has 2 nitrogen and oxygen atoms in total. The zero-order valence-corrected chi connectivity index (χ0v) is 11.5. The van der Waals surface area contributed by atoms with Crippen molar-refractivity contribution in [3.05, 3.63) is 52.8 Å². The lowest BCUT2D eigenvalue weighted by Gasteiger charge is -2.03. The number of rotatable bonds is 6. The summed E-state index contributed by atoms with van der Waals surface area (Å²) in [7, 11) is 0. The van der Waals surface area contributed by atoms with E-state index >= 15 is 0 Å². The molecule has 0 fully saturated rings. The highest BCUT2D eigenvalue weighted by Gasteiger charge is 2.04. The Balaban J connectivity index is 1.86. The Labute approximate surface area is 114 Å². The average Bonchev–Trinajstić information content (AvgIpc) is 2.72. The minimum Gasteiger partial charge on any atom is -0.254 e. The second kappa shape index (κ2) is 6.60. The maximum absolute atomic E-state index is 6.16. The molecule has 2 aromatic rings. The van der Waals surface area contributed by atoms with Crippen LogP contribution >= 0.6 is 11.6 Å². The van der Waals surface area contributed by atoms with Gasteiger partial charge in [0, 0.05) is 6.54 Å². The standard InChI is InChI=1S/C15H19ClN2/c1-2-7-14-12-15(16)18(17-14)11-6-10-13-8-4-3-5-9-13/h3-5,8-9,12H,2,6-7,10-11H2,1H3. The molecule has 0 saturated carbocycles. The van der Waals surface area contributed by atoms with E-state index in [2.05, 4.69) is 36.3 Å². The first-order chi connectivity index (χ1) is 8.79. The van der Waals surface area contributed by atoms with Crippen LogP contribution in [0.1, 0.15) is 31.0 Å². The Morgan fingerprint density at radius 1 is 1.17 bits per heavy atom. The zero-order chi connectivity index (χ0) is 12.8. The summed E-state index contributed by atoms with van der Waals surface area (Å²) in [6, 6.07) is 12.5. The molecule has 0 radical (unpaired) electrons. The predicted molar refractivity (Wildman–Crippen MR) is 76.0 cm³/mol. The molecular formula is C15H19ClN2. The van der Waals surface area contributed by atoms with Crippen LogP contribution in [-0.4, -0.2) is 9.78 Å².